The molecule has 0 unspecified atom stereocenters. The van der Waals surface area contributed by atoms with E-state index in [0.29, 0.717) is 24.5 Å². The summed E-state index contributed by atoms with van der Waals surface area (Å²) < 4.78 is 15.8. The van der Waals surface area contributed by atoms with Gasteiger partial charge in [-0.25, -0.2) is 24.4 Å². The zero-order valence-electron chi connectivity index (χ0n) is 40.1. The summed E-state index contributed by atoms with van der Waals surface area (Å²) in [7, 11) is 47.4. The van der Waals surface area contributed by atoms with Crippen LogP contribution in [-0.4, -0.2) is 199 Å². The van der Waals surface area contributed by atoms with Crippen molar-refractivity contribution in [2.75, 3.05) is 31.3 Å². The molecule has 2 aliphatic rings. The van der Waals surface area contributed by atoms with Gasteiger partial charge in [0.15, 0.2) is 0 Å². The van der Waals surface area contributed by atoms with Crippen LogP contribution in [0.5, 0.6) is 0 Å². The topological polar surface area (TPSA) is 190 Å². The molecule has 332 valence electrons. The summed E-state index contributed by atoms with van der Waals surface area (Å²) in [5.74, 6) is -0.612. The molecule has 2 saturated heterocycles. The largest absolute Gasteiger partial charge is 0.459 e. The lowest BCUT2D eigenvalue weighted by Gasteiger charge is -2.44. The zero-order chi connectivity index (χ0) is 51.3. The van der Waals surface area contributed by atoms with E-state index in [0.717, 1.165) is 16.7 Å². The van der Waals surface area contributed by atoms with Gasteiger partial charge in [-0.1, -0.05) is 30.3 Å². The van der Waals surface area contributed by atoms with Crippen molar-refractivity contribution in [3.63, 3.8) is 0 Å². The average Bonchev–Trinajstić information content (AvgIpc) is 3.23. The number of ether oxygens (including phenoxy) is 3. The van der Waals surface area contributed by atoms with Crippen molar-refractivity contribution in [2.24, 2.45) is 11.8 Å². The number of anilines is 2. The fourth-order valence-electron chi connectivity index (χ4n) is 7.51. The van der Waals surface area contributed by atoms with E-state index in [2.05, 4.69) is 20.6 Å². The Kier molecular flexibility index (Phi) is 21.9. The second-order valence-electron chi connectivity index (χ2n) is 18.6. The first kappa shape index (κ1) is 57.7. The molecule has 2 aliphatic heterocycles. The van der Waals surface area contributed by atoms with E-state index in [1.807, 2.05) is 30.3 Å². The number of hydrogen-bond acceptors (Lipinski definition) is 11. The predicted octanol–water partition coefficient (Wildman–Crippen LogP) is -0.740. The molecule has 0 spiro atoms. The molecule has 0 saturated carbocycles. The number of nitrogens with zero attached hydrogens (tertiary/aromatic N) is 4. The fourth-order valence-corrected chi connectivity index (χ4v) is 7.51. The molecule has 2 fully saturated rings. The maximum atomic E-state index is 12.6. The summed E-state index contributed by atoms with van der Waals surface area (Å²) in [5, 5.41) is 14.5. The van der Waals surface area contributed by atoms with Crippen LogP contribution in [0.1, 0.15) is 58.2 Å². The summed E-state index contributed by atoms with van der Waals surface area (Å²) in [6.45, 7) is 10.8. The number of carbonyl (C=O) groups is 5. The minimum Gasteiger partial charge on any atom is -0.459 e. The van der Waals surface area contributed by atoms with Crippen LogP contribution in [0, 0.1) is 11.8 Å². The number of aromatic nitrogens is 2. The Morgan fingerprint density at radius 2 is 1.06 bits per heavy atom. The maximum absolute atomic E-state index is 12.6. The van der Waals surface area contributed by atoms with Gasteiger partial charge in [-0.15, -0.1) is 0 Å². The SMILES string of the molecule is CN1C(=O)[C@H](Cc2ccnc(NC(=O)OC(C)(C)C)c2)[C@H]1C(=O)OCc1ccccc1.CN1C(=O)[C@H](Cc2ccnc(NC(=O)OC(C)(C)C)c2)[C@H]1CO.[B]B([B])B(B([B])[B])B(B([B])[B])B([B])[B]. The molecule has 0 aliphatic carbocycles. The summed E-state index contributed by atoms with van der Waals surface area (Å²) in [6, 6.07) is 15.5. The number of pyridine rings is 2. The quantitative estimate of drug-likeness (QED) is 0.0755. The van der Waals surface area contributed by atoms with Gasteiger partial charge in [0.1, 0.15) is 35.5 Å². The monoisotopic (exact) mass is 900 g/mol. The van der Waals surface area contributed by atoms with Crippen molar-refractivity contribution < 1.29 is 43.3 Å². The summed E-state index contributed by atoms with van der Waals surface area (Å²) >= 11 is 0. The minimum absolute atomic E-state index is 0.0162. The first-order chi connectivity index (χ1) is 31.6. The van der Waals surface area contributed by atoms with Gasteiger partial charge in [-0.3, -0.25) is 20.2 Å². The Labute approximate surface area is 414 Å². The number of aliphatic hydroxyl groups is 1. The molecule has 4 heterocycles. The maximum Gasteiger partial charge on any atom is 0.413 e. The first-order valence-corrected chi connectivity index (χ1v) is 21.9. The van der Waals surface area contributed by atoms with Crippen LogP contribution >= 0.6 is 0 Å². The Balaban J connectivity index is 0.000000292. The fraction of sp³-hybridized carbons (Fsp3) is 0.462. The van der Waals surface area contributed by atoms with E-state index in [-0.39, 0.29) is 37.0 Å². The van der Waals surface area contributed by atoms with Gasteiger partial charge in [0.2, 0.25) is 11.8 Å². The molecule has 5 rings (SSSR count). The van der Waals surface area contributed by atoms with Gasteiger partial charge in [0, 0.05) is 127 Å². The van der Waals surface area contributed by atoms with Crippen LogP contribution in [-0.2, 0) is 48.0 Å². The standard InChI is InChI=1S/C23H27N3O5.C16H23N3O4.B14/c1-23(2,3)31-22(29)25-18-13-16(10-11-24-18)12-17-19(26(4)20(17)27)21(28)30-14-15-8-6-5-7-9-15;1-16(2,3)23-15(22)18-13-8-10(5-6-17-13)7-11-12(9-20)19(4)14(11)21;1-9(2)13(10(3)4)14(11(5)6)12(7)8/h5-11,13,17,19H,12,14H2,1-4H3,(H,24,25,29);5-6,8,11-12,20H,7,9H2,1-4H3,(H,17,18,22);/t17-,19+;11-,12-;/m11./s1. The van der Waals surface area contributed by atoms with Crippen LogP contribution in [0.15, 0.2) is 67.0 Å². The molecule has 1 aromatic carbocycles. The van der Waals surface area contributed by atoms with Crippen molar-refractivity contribution in [3.8, 4) is 0 Å². The van der Waals surface area contributed by atoms with Crippen molar-refractivity contribution >= 4 is 142 Å². The Morgan fingerprint density at radius 3 is 1.46 bits per heavy atom. The third-order valence-corrected chi connectivity index (χ3v) is 10.8. The number of β-lactam (4-membered cyclic amide) rings is 2. The molecule has 4 atom stereocenters. The molecule has 3 aromatic rings. The lowest BCUT2D eigenvalue weighted by molar-refractivity contribution is -0.172. The van der Waals surface area contributed by atoms with Crippen LogP contribution in [0.2, 0.25) is 0 Å². The number of likely N-dealkylation sites (N-methyl/N-ethyl adjacent to an activating group) is 2. The molecular weight excluding hydrogens is 848 g/mol. The lowest BCUT2D eigenvalue weighted by Crippen LogP contribution is -2.72. The van der Waals surface area contributed by atoms with Crippen molar-refractivity contribution in [2.45, 2.75) is 84.3 Å². The number of likely N-dealkylation sites (tertiary alicyclic amines) is 2. The third kappa shape index (κ3) is 17.7. The third-order valence-electron chi connectivity index (χ3n) is 10.8. The molecule has 0 bridgehead atoms. The summed E-state index contributed by atoms with van der Waals surface area (Å²) in [4.78, 5) is 71.7. The molecule has 2 aromatic heterocycles. The summed E-state index contributed by atoms with van der Waals surface area (Å²) in [6.07, 6.45) is -1.32. The number of amides is 4. The number of esters is 1. The number of rotatable bonds is 15. The van der Waals surface area contributed by atoms with Gasteiger partial charge in [0.05, 0.1) is 24.5 Å². The van der Waals surface area contributed by atoms with Gasteiger partial charge < -0.3 is 29.1 Å². The van der Waals surface area contributed by atoms with Crippen LogP contribution < -0.4 is 10.6 Å². The van der Waals surface area contributed by atoms with E-state index < -0.39 is 79.6 Å². The normalized spacial score (nSPS) is 17.2. The predicted molar refractivity (Wildman–Crippen MR) is 280 cm³/mol. The Morgan fingerprint density at radius 1 is 0.647 bits per heavy atom. The second kappa shape index (κ2) is 25.8. The van der Waals surface area contributed by atoms with Crippen LogP contribution in [0.3, 0.4) is 0 Å². The molecule has 68 heavy (non-hydrogen) atoms. The highest BCUT2D eigenvalue weighted by Gasteiger charge is 2.50. The Hall–Kier alpha value is -4.66. The van der Waals surface area contributed by atoms with E-state index >= 15 is 0 Å². The highest BCUT2D eigenvalue weighted by atomic mass is 16.6. The number of nitrogens with one attached hydrogen (secondary N) is 2. The van der Waals surface area contributed by atoms with Crippen LogP contribution in [0.25, 0.3) is 0 Å². The first-order valence-electron chi connectivity index (χ1n) is 21.9. The molecule has 3 N–H and O–H groups in total. The van der Waals surface area contributed by atoms with Gasteiger partial charge in [-0.05, 0) is 95.3 Å². The average molecular weight is 898 g/mol. The van der Waals surface area contributed by atoms with E-state index in [1.165, 1.54) is 11.1 Å². The van der Waals surface area contributed by atoms with Crippen molar-refractivity contribution in [1.82, 2.24) is 19.8 Å². The minimum atomic E-state index is -0.760. The van der Waals surface area contributed by atoms with Crippen LogP contribution in [0.4, 0.5) is 21.2 Å². The summed E-state index contributed by atoms with van der Waals surface area (Å²) in [5.41, 5.74) is 1.31. The molecule has 15 nitrogen and oxygen atoms in total. The van der Waals surface area contributed by atoms with E-state index in [4.69, 9.17) is 76.1 Å². The van der Waals surface area contributed by atoms with E-state index in [9.17, 15) is 29.1 Å². The second-order valence-corrected chi connectivity index (χ2v) is 18.6. The van der Waals surface area contributed by atoms with Crippen molar-refractivity contribution in [1.29, 1.82) is 0 Å². The molecule has 29 heteroatoms. The smallest absolute Gasteiger partial charge is 0.413 e. The zero-order valence-corrected chi connectivity index (χ0v) is 40.1. The number of benzene rings is 1. The van der Waals surface area contributed by atoms with Crippen molar-refractivity contribution in [3.05, 3.63) is 83.7 Å². The molecule has 16 radical (unpaired) electrons. The highest BCUT2D eigenvalue weighted by molar-refractivity contribution is 8.10. The number of hydrogen-bond donors (Lipinski definition) is 3. The highest BCUT2D eigenvalue weighted by Crippen LogP contribution is 2.31. The molecule has 4 amide bonds. The number of aliphatic hydroxyl groups excluding tert-OH is 1. The lowest BCUT2D eigenvalue weighted by atomic mass is 8.47. The number of carbonyl (C=O) groups excluding carboxylic acids is 5. The Bertz CT molecular complexity index is 2120. The van der Waals surface area contributed by atoms with Gasteiger partial charge >= 0.3 is 18.2 Å². The van der Waals surface area contributed by atoms with Gasteiger partial charge in [0.25, 0.3) is 0 Å². The molecular formula is C39H50B14N6O9. The van der Waals surface area contributed by atoms with Gasteiger partial charge in [-0.2, -0.15) is 0 Å². The van der Waals surface area contributed by atoms with E-state index in [1.54, 1.807) is 91.0 Å².